The molecule has 0 rings (SSSR count). The molecule has 0 aromatic heterocycles. The summed E-state index contributed by atoms with van der Waals surface area (Å²) in [5, 5.41) is 14.0. The lowest BCUT2D eigenvalue weighted by atomic mass is 10.0. The summed E-state index contributed by atoms with van der Waals surface area (Å²) in [5.41, 5.74) is 0. The number of allylic oxidation sites excluding steroid dienone is 15. The first-order chi connectivity index (χ1) is 38.0. The molecule has 9 heteroatoms. The van der Waals surface area contributed by atoms with Gasteiger partial charge in [0, 0.05) is 6.42 Å². The maximum absolute atomic E-state index is 13.0. The molecule has 0 aromatic rings. The average Bonchev–Trinajstić information content (AvgIpc) is 3.41. The van der Waals surface area contributed by atoms with Gasteiger partial charge < -0.3 is 19.8 Å². The second-order valence-corrected chi connectivity index (χ2v) is 24.6. The van der Waals surface area contributed by atoms with Crippen LogP contribution < -0.4 is 5.32 Å². The molecule has 3 atom stereocenters. The van der Waals surface area contributed by atoms with Crippen LogP contribution in [0.5, 0.6) is 0 Å². The number of amides is 1. The van der Waals surface area contributed by atoms with Crippen molar-refractivity contribution in [1.82, 2.24) is 5.32 Å². The molecule has 452 valence electrons. The first-order valence-corrected chi connectivity index (χ1v) is 34.1. The van der Waals surface area contributed by atoms with E-state index >= 15 is 0 Å². The van der Waals surface area contributed by atoms with Gasteiger partial charge in [-0.2, -0.15) is 0 Å². The lowest BCUT2D eigenvalue weighted by molar-refractivity contribution is -0.870. The minimum absolute atomic E-state index is 0.0531. The zero-order chi connectivity index (χ0) is 57.0. The number of aliphatic hydroxyl groups is 1. The van der Waals surface area contributed by atoms with Gasteiger partial charge in [0.1, 0.15) is 13.2 Å². The summed E-state index contributed by atoms with van der Waals surface area (Å²) in [5.74, 6) is -0.188. The molecule has 1 amide bonds. The van der Waals surface area contributed by atoms with Crippen molar-refractivity contribution in [2.24, 2.45) is 0 Å². The normalized spacial score (nSPS) is 14.4. The SMILES string of the molecule is CC/C=C\C/C=C\C/C=C\C/C=C\C/C=C\C/C=C\CCCCCCCCCCCCCCCCC(=O)NC(COP(=O)(O)OCC[N+](C)(C)C)C(O)/C=C/CC/C=C/CCCCCCCCCCCCCCCCCCC. The fourth-order valence-corrected chi connectivity index (χ4v) is 9.98. The van der Waals surface area contributed by atoms with Gasteiger partial charge in [-0.25, -0.2) is 4.57 Å². The fraction of sp³-hybridized carbons (Fsp3) is 0.754. The van der Waals surface area contributed by atoms with Gasteiger partial charge in [0.2, 0.25) is 5.91 Å². The highest BCUT2D eigenvalue weighted by Gasteiger charge is 2.27. The van der Waals surface area contributed by atoms with Crippen molar-refractivity contribution in [3.63, 3.8) is 0 Å². The molecule has 0 spiro atoms. The molecule has 3 N–H and O–H groups in total. The zero-order valence-corrected chi connectivity index (χ0v) is 52.5. The van der Waals surface area contributed by atoms with Gasteiger partial charge >= 0.3 is 7.82 Å². The maximum Gasteiger partial charge on any atom is 0.472 e. The number of rotatable bonds is 59. The van der Waals surface area contributed by atoms with Crippen molar-refractivity contribution in [3.05, 3.63) is 97.2 Å². The molecule has 0 aromatic carbocycles. The van der Waals surface area contributed by atoms with Crippen molar-refractivity contribution in [2.75, 3.05) is 40.9 Å². The number of quaternary nitrogens is 1. The van der Waals surface area contributed by atoms with Crippen molar-refractivity contribution >= 4 is 13.7 Å². The van der Waals surface area contributed by atoms with E-state index in [4.69, 9.17) is 9.05 Å². The van der Waals surface area contributed by atoms with E-state index in [1.165, 1.54) is 186 Å². The summed E-state index contributed by atoms with van der Waals surface area (Å²) in [6.07, 6.45) is 85.3. The highest BCUT2D eigenvalue weighted by Crippen LogP contribution is 2.43. The molecule has 0 aliphatic carbocycles. The second-order valence-electron chi connectivity index (χ2n) is 23.1. The Morgan fingerprint density at radius 1 is 0.449 bits per heavy atom. The molecule has 78 heavy (non-hydrogen) atoms. The molecule has 0 saturated carbocycles. The predicted molar refractivity (Wildman–Crippen MR) is 341 cm³/mol. The van der Waals surface area contributed by atoms with Crippen LogP contribution in [0.4, 0.5) is 0 Å². The summed E-state index contributed by atoms with van der Waals surface area (Å²) in [6.45, 7) is 4.70. The van der Waals surface area contributed by atoms with Gasteiger partial charge in [0.05, 0.1) is 39.9 Å². The van der Waals surface area contributed by atoms with Crippen LogP contribution in [0, 0.1) is 0 Å². The third-order valence-electron chi connectivity index (χ3n) is 14.3. The standard InChI is InChI=1S/C69H125N2O6P/c1-6-8-10-12-14-16-18-20-22-24-26-28-30-31-32-33-34-35-36-37-38-39-41-43-45-47-49-51-53-55-57-59-61-63-69(73)70-67(66-77-78(74,75)76-65-64-71(3,4)5)68(72)62-60-58-56-54-52-50-48-46-44-42-40-29-27-25-23-21-19-17-15-13-11-9-7-2/h8,10,14,16,20,22,26,28,31-32,34-35,52,54,60,62,67-68,72H,6-7,9,11-13,15,17-19,21,23-25,27,29-30,33,36-51,53,55-59,61,63-66H2,1-5H3,(H-,70,73,74,75)/p+1/b10-8-,16-14-,22-20-,28-26-,32-31-,35-34-,54-52+,62-60+. The molecule has 0 bridgehead atoms. The summed E-state index contributed by atoms with van der Waals surface area (Å²) >= 11 is 0. The van der Waals surface area contributed by atoms with Crippen LogP contribution in [-0.4, -0.2) is 73.4 Å². The Kier molecular flexibility index (Phi) is 57.1. The largest absolute Gasteiger partial charge is 0.472 e. The van der Waals surface area contributed by atoms with Gasteiger partial charge in [0.25, 0.3) is 0 Å². The fourth-order valence-electron chi connectivity index (χ4n) is 9.24. The van der Waals surface area contributed by atoms with Crippen molar-refractivity contribution in [3.8, 4) is 0 Å². The Morgan fingerprint density at radius 3 is 1.18 bits per heavy atom. The van der Waals surface area contributed by atoms with Crippen molar-refractivity contribution in [2.45, 2.75) is 296 Å². The third-order valence-corrected chi connectivity index (χ3v) is 15.3. The van der Waals surface area contributed by atoms with Gasteiger partial charge in [-0.1, -0.05) is 291 Å². The van der Waals surface area contributed by atoms with E-state index < -0.39 is 20.0 Å². The van der Waals surface area contributed by atoms with Crippen LogP contribution in [0.1, 0.15) is 284 Å². The van der Waals surface area contributed by atoms with E-state index in [9.17, 15) is 19.4 Å². The topological polar surface area (TPSA) is 105 Å². The summed E-state index contributed by atoms with van der Waals surface area (Å²) < 4.78 is 23.8. The third kappa shape index (κ3) is 61.0. The molecule has 8 nitrogen and oxygen atoms in total. The van der Waals surface area contributed by atoms with Crippen LogP contribution in [0.25, 0.3) is 0 Å². The molecule has 0 fully saturated rings. The highest BCUT2D eigenvalue weighted by molar-refractivity contribution is 7.47. The summed E-state index contributed by atoms with van der Waals surface area (Å²) in [7, 11) is 1.55. The number of hydrogen-bond donors (Lipinski definition) is 3. The van der Waals surface area contributed by atoms with E-state index in [0.717, 1.165) is 77.0 Å². The number of aliphatic hydroxyl groups excluding tert-OH is 1. The molecule has 0 saturated heterocycles. The van der Waals surface area contributed by atoms with Crippen LogP contribution in [0.3, 0.4) is 0 Å². The van der Waals surface area contributed by atoms with E-state index in [2.05, 4.69) is 104 Å². The number of phosphoric ester groups is 1. The summed E-state index contributed by atoms with van der Waals surface area (Å²) in [6, 6.07) is -0.870. The Bertz CT molecular complexity index is 1590. The number of hydrogen-bond acceptors (Lipinski definition) is 5. The van der Waals surface area contributed by atoms with Crippen LogP contribution in [0.15, 0.2) is 97.2 Å². The zero-order valence-electron chi connectivity index (χ0n) is 51.6. The number of nitrogens with zero attached hydrogens (tertiary/aromatic N) is 1. The molecule has 0 aliphatic heterocycles. The van der Waals surface area contributed by atoms with E-state index in [0.29, 0.717) is 17.4 Å². The Balaban J connectivity index is 4.15. The van der Waals surface area contributed by atoms with Gasteiger partial charge in [-0.15, -0.1) is 0 Å². The van der Waals surface area contributed by atoms with E-state index in [-0.39, 0.29) is 19.1 Å². The minimum atomic E-state index is -4.36. The first kappa shape index (κ1) is 75.4. The molecule has 0 radical (unpaired) electrons. The first-order valence-electron chi connectivity index (χ1n) is 32.6. The number of unbranched alkanes of at least 4 members (excludes halogenated alkanes) is 32. The smallest absolute Gasteiger partial charge is 0.387 e. The number of carbonyl (C=O) groups is 1. The number of nitrogens with one attached hydrogen (secondary N) is 1. The monoisotopic (exact) mass is 1110 g/mol. The van der Waals surface area contributed by atoms with Crippen LogP contribution in [0.2, 0.25) is 0 Å². The summed E-state index contributed by atoms with van der Waals surface area (Å²) in [4.78, 5) is 23.4. The van der Waals surface area contributed by atoms with Gasteiger partial charge in [-0.05, 0) is 83.5 Å². The predicted octanol–water partition coefficient (Wildman–Crippen LogP) is 20.5. The lowest BCUT2D eigenvalue weighted by Gasteiger charge is -2.25. The van der Waals surface area contributed by atoms with E-state index in [1.807, 2.05) is 27.2 Å². The molecule has 3 unspecified atom stereocenters. The van der Waals surface area contributed by atoms with E-state index in [1.54, 1.807) is 6.08 Å². The quantitative estimate of drug-likeness (QED) is 0.0243. The number of carbonyl (C=O) groups excluding carboxylic acids is 1. The van der Waals surface area contributed by atoms with Crippen molar-refractivity contribution < 1.29 is 32.9 Å². The number of phosphoric acid groups is 1. The Morgan fingerprint density at radius 2 is 0.782 bits per heavy atom. The maximum atomic E-state index is 13.0. The van der Waals surface area contributed by atoms with Gasteiger partial charge in [-0.3, -0.25) is 13.8 Å². The molecule has 0 aliphatic rings. The minimum Gasteiger partial charge on any atom is -0.387 e. The molecular weight excluding hydrogens is 984 g/mol. The lowest BCUT2D eigenvalue weighted by Crippen LogP contribution is -2.45. The number of likely N-dealkylation sites (N-methyl/N-ethyl adjacent to an activating group) is 1. The average molecular weight is 1110 g/mol. The van der Waals surface area contributed by atoms with Crippen molar-refractivity contribution in [1.29, 1.82) is 0 Å². The molecular formula is C69H126N2O6P+. The van der Waals surface area contributed by atoms with Gasteiger partial charge in [0.15, 0.2) is 0 Å². The van der Waals surface area contributed by atoms with Crippen LogP contribution >= 0.6 is 7.82 Å². The highest BCUT2D eigenvalue weighted by atomic mass is 31.2. The Hall–Kier alpha value is -2.58. The molecule has 0 heterocycles. The Labute approximate surface area is 483 Å². The second kappa shape index (κ2) is 59.1. The van der Waals surface area contributed by atoms with Crippen LogP contribution in [-0.2, 0) is 18.4 Å².